The highest BCUT2D eigenvalue weighted by molar-refractivity contribution is 5.79. The summed E-state index contributed by atoms with van der Waals surface area (Å²) >= 11 is 0. The van der Waals surface area contributed by atoms with Gasteiger partial charge in [-0.3, -0.25) is 4.99 Å². The number of nitrogens with zero attached hydrogens (tertiary/aromatic N) is 2. The molecular formula is C21H42N4O. The molecule has 2 fully saturated rings. The SMILES string of the molecule is CN=C(NCC1CCCN(C(C)C)C1)NCC1CCCOC1C(C)(C)C. The third-order valence-electron chi connectivity index (χ3n) is 5.89. The Kier molecular flexibility index (Phi) is 8.21. The lowest BCUT2D eigenvalue weighted by atomic mass is 9.78. The molecule has 0 bridgehead atoms. The van der Waals surface area contributed by atoms with E-state index in [1.165, 1.54) is 32.4 Å². The third-order valence-corrected chi connectivity index (χ3v) is 5.89. The highest BCUT2D eigenvalue weighted by atomic mass is 16.5. The predicted molar refractivity (Wildman–Crippen MR) is 111 cm³/mol. The van der Waals surface area contributed by atoms with Gasteiger partial charge in [-0.2, -0.15) is 0 Å². The Morgan fingerprint density at radius 1 is 1.15 bits per heavy atom. The normalized spacial score (nSPS) is 29.0. The highest BCUT2D eigenvalue weighted by Gasteiger charge is 2.35. The Hall–Kier alpha value is -0.810. The molecule has 2 saturated heterocycles. The molecule has 2 N–H and O–H groups in total. The van der Waals surface area contributed by atoms with Crippen LogP contribution in [0.5, 0.6) is 0 Å². The van der Waals surface area contributed by atoms with Crippen molar-refractivity contribution in [3.8, 4) is 0 Å². The molecule has 3 atom stereocenters. The Balaban J connectivity index is 1.78. The number of aliphatic imine (C=N–C) groups is 1. The minimum Gasteiger partial charge on any atom is -0.377 e. The fourth-order valence-corrected chi connectivity index (χ4v) is 4.43. The number of likely N-dealkylation sites (tertiary alicyclic amines) is 1. The van der Waals surface area contributed by atoms with Crippen LogP contribution >= 0.6 is 0 Å². The average molecular weight is 367 g/mol. The van der Waals surface area contributed by atoms with Crippen LogP contribution in [-0.2, 0) is 4.74 Å². The Morgan fingerprint density at radius 3 is 2.54 bits per heavy atom. The van der Waals surface area contributed by atoms with Crippen LogP contribution in [0.25, 0.3) is 0 Å². The second kappa shape index (κ2) is 9.93. The smallest absolute Gasteiger partial charge is 0.190 e. The van der Waals surface area contributed by atoms with Crippen molar-refractivity contribution < 1.29 is 4.74 Å². The second-order valence-electron chi connectivity index (χ2n) is 9.49. The summed E-state index contributed by atoms with van der Waals surface area (Å²) in [5.41, 5.74) is 0.187. The van der Waals surface area contributed by atoms with Crippen molar-refractivity contribution in [3.05, 3.63) is 0 Å². The Labute approximate surface area is 161 Å². The van der Waals surface area contributed by atoms with Crippen molar-refractivity contribution in [2.45, 2.75) is 72.4 Å². The van der Waals surface area contributed by atoms with Crippen LogP contribution in [0, 0.1) is 17.3 Å². The summed E-state index contributed by atoms with van der Waals surface area (Å²) in [5.74, 6) is 2.20. The van der Waals surface area contributed by atoms with Crippen molar-refractivity contribution in [3.63, 3.8) is 0 Å². The van der Waals surface area contributed by atoms with Crippen molar-refractivity contribution in [2.75, 3.05) is 39.8 Å². The molecule has 0 saturated carbocycles. The predicted octanol–water partition coefficient (Wildman–Crippen LogP) is 3.11. The van der Waals surface area contributed by atoms with Crippen LogP contribution < -0.4 is 10.6 Å². The molecule has 26 heavy (non-hydrogen) atoms. The fourth-order valence-electron chi connectivity index (χ4n) is 4.43. The number of piperidine rings is 1. The monoisotopic (exact) mass is 366 g/mol. The number of rotatable bonds is 5. The van der Waals surface area contributed by atoms with Gasteiger partial charge in [0, 0.05) is 45.2 Å². The van der Waals surface area contributed by atoms with E-state index in [-0.39, 0.29) is 5.41 Å². The summed E-state index contributed by atoms with van der Waals surface area (Å²) in [6.07, 6.45) is 5.34. The van der Waals surface area contributed by atoms with Crippen molar-refractivity contribution in [1.29, 1.82) is 0 Å². The number of hydrogen-bond acceptors (Lipinski definition) is 3. The number of guanidine groups is 1. The van der Waals surface area contributed by atoms with Crippen LogP contribution in [0.4, 0.5) is 0 Å². The van der Waals surface area contributed by atoms with Gasteiger partial charge in [-0.25, -0.2) is 0 Å². The van der Waals surface area contributed by atoms with E-state index < -0.39 is 0 Å². The van der Waals surface area contributed by atoms with E-state index in [1.807, 2.05) is 7.05 Å². The minimum atomic E-state index is 0.187. The first kappa shape index (κ1) is 21.5. The van der Waals surface area contributed by atoms with Crippen LogP contribution in [0.2, 0.25) is 0 Å². The van der Waals surface area contributed by atoms with Crippen LogP contribution in [0.15, 0.2) is 4.99 Å². The fraction of sp³-hybridized carbons (Fsp3) is 0.952. The molecule has 0 radical (unpaired) electrons. The van der Waals surface area contributed by atoms with Gasteiger partial charge >= 0.3 is 0 Å². The maximum atomic E-state index is 6.10. The molecular weight excluding hydrogens is 324 g/mol. The number of hydrogen-bond donors (Lipinski definition) is 2. The van der Waals surface area contributed by atoms with E-state index in [9.17, 15) is 0 Å². The van der Waals surface area contributed by atoms with Gasteiger partial charge < -0.3 is 20.3 Å². The summed E-state index contributed by atoms with van der Waals surface area (Å²) in [4.78, 5) is 7.03. The zero-order valence-corrected chi connectivity index (χ0v) is 18.0. The Morgan fingerprint density at radius 2 is 1.88 bits per heavy atom. The average Bonchev–Trinajstić information content (AvgIpc) is 2.61. The number of nitrogens with one attached hydrogen (secondary N) is 2. The quantitative estimate of drug-likeness (QED) is 0.580. The van der Waals surface area contributed by atoms with E-state index in [0.29, 0.717) is 24.0 Å². The number of ether oxygens (including phenoxy) is 1. The molecule has 0 aromatic carbocycles. The zero-order valence-electron chi connectivity index (χ0n) is 18.0. The molecule has 152 valence electrons. The van der Waals surface area contributed by atoms with Crippen molar-refractivity contribution in [2.24, 2.45) is 22.2 Å². The van der Waals surface area contributed by atoms with E-state index in [1.54, 1.807) is 0 Å². The van der Waals surface area contributed by atoms with Crippen LogP contribution in [-0.4, -0.2) is 62.8 Å². The first-order chi connectivity index (χ1) is 12.3. The minimum absolute atomic E-state index is 0.187. The lowest BCUT2D eigenvalue weighted by Crippen LogP contribution is -2.49. The van der Waals surface area contributed by atoms with Gasteiger partial charge in [-0.05, 0) is 57.4 Å². The van der Waals surface area contributed by atoms with E-state index >= 15 is 0 Å². The topological polar surface area (TPSA) is 48.9 Å². The molecule has 0 aromatic rings. The molecule has 0 aromatic heterocycles. The summed E-state index contributed by atoms with van der Waals surface area (Å²) in [6.45, 7) is 16.7. The molecule has 3 unspecified atom stereocenters. The molecule has 5 heteroatoms. The van der Waals surface area contributed by atoms with Gasteiger partial charge in [0.15, 0.2) is 5.96 Å². The first-order valence-electron chi connectivity index (χ1n) is 10.6. The van der Waals surface area contributed by atoms with Gasteiger partial charge in [0.1, 0.15) is 0 Å². The summed E-state index contributed by atoms with van der Waals surface area (Å²) in [5, 5.41) is 7.12. The zero-order chi connectivity index (χ0) is 19.2. The van der Waals surface area contributed by atoms with Crippen LogP contribution in [0.3, 0.4) is 0 Å². The van der Waals surface area contributed by atoms with Gasteiger partial charge in [0.05, 0.1) is 6.10 Å². The molecule has 2 heterocycles. The maximum absolute atomic E-state index is 6.10. The maximum Gasteiger partial charge on any atom is 0.190 e. The standard InChI is InChI=1S/C21H42N4O/c1-16(2)25-11-7-9-17(15-25)13-23-20(22-6)24-14-18-10-8-12-26-19(18)21(3,4)5/h16-19H,7-15H2,1-6H3,(H2,22,23,24). The highest BCUT2D eigenvalue weighted by Crippen LogP contribution is 2.33. The van der Waals surface area contributed by atoms with Crippen LogP contribution in [0.1, 0.15) is 60.3 Å². The summed E-state index contributed by atoms with van der Waals surface area (Å²) < 4.78 is 6.10. The van der Waals surface area contributed by atoms with Gasteiger partial charge in [-0.1, -0.05) is 20.8 Å². The molecule has 2 aliphatic rings. The van der Waals surface area contributed by atoms with E-state index in [2.05, 4.69) is 55.1 Å². The third kappa shape index (κ3) is 6.41. The lowest BCUT2D eigenvalue weighted by molar-refractivity contribution is -0.0835. The summed E-state index contributed by atoms with van der Waals surface area (Å²) in [6, 6.07) is 0.649. The van der Waals surface area contributed by atoms with E-state index in [4.69, 9.17) is 4.74 Å². The van der Waals surface area contributed by atoms with Gasteiger partial charge in [-0.15, -0.1) is 0 Å². The van der Waals surface area contributed by atoms with Gasteiger partial charge in [0.2, 0.25) is 0 Å². The lowest BCUT2D eigenvalue weighted by Gasteiger charge is -2.40. The molecule has 0 spiro atoms. The van der Waals surface area contributed by atoms with Crippen molar-refractivity contribution in [1.82, 2.24) is 15.5 Å². The second-order valence-corrected chi connectivity index (χ2v) is 9.49. The van der Waals surface area contributed by atoms with Crippen molar-refractivity contribution >= 4 is 5.96 Å². The van der Waals surface area contributed by atoms with Gasteiger partial charge in [0.25, 0.3) is 0 Å². The molecule has 2 rings (SSSR count). The summed E-state index contributed by atoms with van der Waals surface area (Å²) in [7, 11) is 1.87. The molecule has 0 aliphatic carbocycles. The first-order valence-corrected chi connectivity index (χ1v) is 10.6. The Bertz CT molecular complexity index is 444. The van der Waals surface area contributed by atoms with E-state index in [0.717, 1.165) is 32.1 Å². The molecule has 0 amide bonds. The molecule has 2 aliphatic heterocycles. The largest absolute Gasteiger partial charge is 0.377 e. The molecule has 5 nitrogen and oxygen atoms in total.